The molecule has 2 N–H and O–H groups in total. The Morgan fingerprint density at radius 1 is 1.47 bits per heavy atom. The predicted molar refractivity (Wildman–Crippen MR) is 64.8 cm³/mol. The van der Waals surface area contributed by atoms with Crippen molar-refractivity contribution in [1.82, 2.24) is 10.2 Å². The van der Waals surface area contributed by atoms with Crippen LogP contribution in [0.3, 0.4) is 0 Å². The van der Waals surface area contributed by atoms with E-state index in [1.54, 1.807) is 4.90 Å². The van der Waals surface area contributed by atoms with Crippen LogP contribution in [0.2, 0.25) is 0 Å². The SMILES string of the molecule is CCN(CC1CC1)C(=O)NCC(C)CC(=O)O. The Labute approximate surface area is 102 Å². The van der Waals surface area contributed by atoms with E-state index in [9.17, 15) is 9.59 Å². The monoisotopic (exact) mass is 242 g/mol. The molecule has 1 aliphatic rings. The molecule has 2 amide bonds. The Hall–Kier alpha value is -1.26. The van der Waals surface area contributed by atoms with Gasteiger partial charge < -0.3 is 15.3 Å². The van der Waals surface area contributed by atoms with Gasteiger partial charge in [0.2, 0.25) is 0 Å². The quantitative estimate of drug-likeness (QED) is 0.711. The van der Waals surface area contributed by atoms with E-state index in [4.69, 9.17) is 5.11 Å². The summed E-state index contributed by atoms with van der Waals surface area (Å²) in [6.07, 6.45) is 2.54. The second-order valence-corrected chi connectivity index (χ2v) is 4.87. The highest BCUT2D eigenvalue weighted by Gasteiger charge is 2.25. The van der Waals surface area contributed by atoms with Crippen LogP contribution in [0.15, 0.2) is 0 Å². The number of hydrogen-bond donors (Lipinski definition) is 2. The summed E-state index contributed by atoms with van der Waals surface area (Å²) in [7, 11) is 0. The number of carbonyl (C=O) groups excluding carboxylic acids is 1. The van der Waals surface area contributed by atoms with Gasteiger partial charge in [0.15, 0.2) is 0 Å². The fraction of sp³-hybridized carbons (Fsp3) is 0.833. The smallest absolute Gasteiger partial charge is 0.317 e. The lowest BCUT2D eigenvalue weighted by molar-refractivity contribution is -0.137. The molecule has 0 aromatic heterocycles. The van der Waals surface area contributed by atoms with Crippen molar-refractivity contribution in [1.29, 1.82) is 0 Å². The Morgan fingerprint density at radius 3 is 2.59 bits per heavy atom. The van der Waals surface area contributed by atoms with Crippen LogP contribution in [-0.2, 0) is 4.79 Å². The molecule has 0 bridgehead atoms. The number of urea groups is 1. The lowest BCUT2D eigenvalue weighted by Gasteiger charge is -2.22. The zero-order valence-electron chi connectivity index (χ0n) is 10.6. The largest absolute Gasteiger partial charge is 0.481 e. The van der Waals surface area contributed by atoms with E-state index < -0.39 is 5.97 Å². The molecule has 0 aromatic rings. The van der Waals surface area contributed by atoms with Gasteiger partial charge in [-0.05, 0) is 31.6 Å². The Bertz CT molecular complexity index is 277. The fourth-order valence-corrected chi connectivity index (χ4v) is 1.71. The average Bonchev–Trinajstić information content (AvgIpc) is 3.05. The van der Waals surface area contributed by atoms with E-state index >= 15 is 0 Å². The minimum atomic E-state index is -0.822. The van der Waals surface area contributed by atoms with Crippen LogP contribution in [0.1, 0.15) is 33.1 Å². The molecule has 0 radical (unpaired) electrons. The molecule has 5 heteroatoms. The number of aliphatic carboxylic acids is 1. The number of carboxylic acid groups (broad SMARTS) is 1. The first kappa shape index (κ1) is 13.8. The van der Waals surface area contributed by atoms with E-state index in [0.717, 1.165) is 6.54 Å². The average molecular weight is 242 g/mol. The third-order valence-corrected chi connectivity index (χ3v) is 2.97. The zero-order chi connectivity index (χ0) is 12.8. The summed E-state index contributed by atoms with van der Waals surface area (Å²) in [6.45, 7) is 5.74. The van der Waals surface area contributed by atoms with E-state index in [2.05, 4.69) is 5.32 Å². The standard InChI is InChI=1S/C12H22N2O3/c1-3-14(8-10-4-5-10)12(17)13-7-9(2)6-11(15)16/h9-10H,3-8H2,1-2H3,(H,13,17)(H,15,16). The topological polar surface area (TPSA) is 69.6 Å². The van der Waals surface area contributed by atoms with Gasteiger partial charge in [-0.15, -0.1) is 0 Å². The summed E-state index contributed by atoms with van der Waals surface area (Å²) in [6, 6.07) is -0.0726. The molecule has 1 rings (SSSR count). The molecule has 17 heavy (non-hydrogen) atoms. The Balaban J connectivity index is 2.23. The summed E-state index contributed by atoms with van der Waals surface area (Å²) in [4.78, 5) is 24.1. The lowest BCUT2D eigenvalue weighted by Crippen LogP contribution is -2.42. The van der Waals surface area contributed by atoms with Gasteiger partial charge in [-0.1, -0.05) is 6.92 Å². The van der Waals surface area contributed by atoms with Crippen LogP contribution in [0, 0.1) is 11.8 Å². The third kappa shape index (κ3) is 5.56. The van der Waals surface area contributed by atoms with Gasteiger partial charge in [-0.25, -0.2) is 4.79 Å². The summed E-state index contributed by atoms with van der Waals surface area (Å²) < 4.78 is 0. The first-order chi connectivity index (χ1) is 8.02. The molecule has 98 valence electrons. The molecular formula is C12H22N2O3. The summed E-state index contributed by atoms with van der Waals surface area (Å²) >= 11 is 0. The summed E-state index contributed by atoms with van der Waals surface area (Å²) in [5, 5.41) is 11.4. The van der Waals surface area contributed by atoms with Crippen molar-refractivity contribution in [3.8, 4) is 0 Å². The molecule has 0 saturated heterocycles. The van der Waals surface area contributed by atoms with Gasteiger partial charge >= 0.3 is 12.0 Å². The van der Waals surface area contributed by atoms with Crippen molar-refractivity contribution < 1.29 is 14.7 Å². The maximum Gasteiger partial charge on any atom is 0.317 e. The van der Waals surface area contributed by atoms with Gasteiger partial charge in [-0.3, -0.25) is 4.79 Å². The molecule has 1 fully saturated rings. The molecule has 5 nitrogen and oxygen atoms in total. The van der Waals surface area contributed by atoms with Gasteiger partial charge in [-0.2, -0.15) is 0 Å². The molecule has 1 aliphatic carbocycles. The molecule has 0 aliphatic heterocycles. The van der Waals surface area contributed by atoms with Crippen molar-refractivity contribution in [2.45, 2.75) is 33.1 Å². The molecule has 1 atom stereocenters. The molecule has 0 aromatic carbocycles. The van der Waals surface area contributed by atoms with Crippen molar-refractivity contribution in [2.75, 3.05) is 19.6 Å². The van der Waals surface area contributed by atoms with Crippen molar-refractivity contribution >= 4 is 12.0 Å². The van der Waals surface area contributed by atoms with Gasteiger partial charge in [0.1, 0.15) is 0 Å². The highest BCUT2D eigenvalue weighted by Crippen LogP contribution is 2.29. The van der Waals surface area contributed by atoms with Crippen LogP contribution in [0.25, 0.3) is 0 Å². The van der Waals surface area contributed by atoms with Gasteiger partial charge in [0.25, 0.3) is 0 Å². The lowest BCUT2D eigenvalue weighted by atomic mass is 10.1. The molecule has 0 spiro atoms. The highest BCUT2D eigenvalue weighted by atomic mass is 16.4. The minimum absolute atomic E-state index is 0.0314. The first-order valence-electron chi connectivity index (χ1n) is 6.27. The van der Waals surface area contributed by atoms with Crippen molar-refractivity contribution in [3.63, 3.8) is 0 Å². The number of amides is 2. The zero-order valence-corrected chi connectivity index (χ0v) is 10.6. The molecule has 1 unspecified atom stereocenters. The van der Waals surface area contributed by atoms with Crippen LogP contribution in [0.5, 0.6) is 0 Å². The van der Waals surface area contributed by atoms with Crippen LogP contribution < -0.4 is 5.32 Å². The number of nitrogens with one attached hydrogen (secondary N) is 1. The van der Waals surface area contributed by atoms with E-state index in [-0.39, 0.29) is 18.4 Å². The highest BCUT2D eigenvalue weighted by molar-refractivity contribution is 5.74. The molecular weight excluding hydrogens is 220 g/mol. The number of hydrogen-bond acceptors (Lipinski definition) is 2. The van der Waals surface area contributed by atoms with Crippen molar-refractivity contribution in [2.24, 2.45) is 11.8 Å². The van der Waals surface area contributed by atoms with Crippen LogP contribution in [0.4, 0.5) is 4.79 Å². The van der Waals surface area contributed by atoms with E-state index in [1.807, 2.05) is 13.8 Å². The number of rotatable bonds is 7. The number of carboxylic acids is 1. The Morgan fingerprint density at radius 2 is 2.12 bits per heavy atom. The maximum absolute atomic E-state index is 11.8. The van der Waals surface area contributed by atoms with Crippen molar-refractivity contribution in [3.05, 3.63) is 0 Å². The fourth-order valence-electron chi connectivity index (χ4n) is 1.71. The predicted octanol–water partition coefficient (Wildman–Crippen LogP) is 1.54. The van der Waals surface area contributed by atoms with E-state index in [1.165, 1.54) is 12.8 Å². The van der Waals surface area contributed by atoms with Crippen LogP contribution in [-0.4, -0.2) is 41.6 Å². The molecule has 0 heterocycles. The van der Waals surface area contributed by atoms with E-state index in [0.29, 0.717) is 19.0 Å². The first-order valence-corrected chi connectivity index (χ1v) is 6.27. The minimum Gasteiger partial charge on any atom is -0.481 e. The second kappa shape index (κ2) is 6.47. The number of nitrogens with zero attached hydrogens (tertiary/aromatic N) is 1. The maximum atomic E-state index is 11.8. The summed E-state index contributed by atoms with van der Waals surface area (Å²) in [5.41, 5.74) is 0. The normalized spacial score (nSPS) is 16.4. The third-order valence-electron chi connectivity index (χ3n) is 2.97. The summed E-state index contributed by atoms with van der Waals surface area (Å²) in [5.74, 6) is -0.176. The van der Waals surface area contributed by atoms with Crippen LogP contribution >= 0.6 is 0 Å². The Kier molecular flexibility index (Phi) is 5.25. The van der Waals surface area contributed by atoms with Gasteiger partial charge in [0, 0.05) is 26.1 Å². The van der Waals surface area contributed by atoms with Gasteiger partial charge in [0.05, 0.1) is 0 Å². The number of carbonyl (C=O) groups is 2. The second-order valence-electron chi connectivity index (χ2n) is 4.87. The molecule has 1 saturated carbocycles.